The van der Waals surface area contributed by atoms with Gasteiger partial charge >= 0.3 is 0 Å². The maximum Gasteiger partial charge on any atom is 0.0603 e. The molecule has 4 atom stereocenters. The van der Waals surface area contributed by atoms with Crippen molar-refractivity contribution in [3.05, 3.63) is 0 Å². The monoisotopic (exact) mass is 156 g/mol. The minimum absolute atomic E-state index is 0.0276. The molecule has 0 heterocycles. The van der Waals surface area contributed by atoms with Crippen LogP contribution in [0.5, 0.6) is 0 Å². The van der Waals surface area contributed by atoms with Gasteiger partial charge in [0.1, 0.15) is 0 Å². The van der Waals surface area contributed by atoms with E-state index in [1.807, 2.05) is 0 Å². The summed E-state index contributed by atoms with van der Waals surface area (Å²) in [4.78, 5) is 0. The van der Waals surface area contributed by atoms with Crippen LogP contribution in [0.4, 0.5) is 0 Å². The van der Waals surface area contributed by atoms with Gasteiger partial charge in [0.05, 0.1) is 12.2 Å². The van der Waals surface area contributed by atoms with Crippen molar-refractivity contribution in [2.45, 2.75) is 37.9 Å². The summed E-state index contributed by atoms with van der Waals surface area (Å²) >= 11 is 0. The number of fused-ring (bicyclic) bond motifs is 1. The van der Waals surface area contributed by atoms with Crippen molar-refractivity contribution in [1.82, 2.24) is 0 Å². The minimum Gasteiger partial charge on any atom is -0.393 e. The molecule has 11 heavy (non-hydrogen) atoms. The molecule has 0 aliphatic heterocycles. The summed E-state index contributed by atoms with van der Waals surface area (Å²) in [5.74, 6) is 1.22. The molecule has 2 saturated carbocycles. The molecule has 2 rings (SSSR count). The molecule has 2 aliphatic rings. The van der Waals surface area contributed by atoms with E-state index in [9.17, 15) is 5.11 Å². The molecule has 1 N–H and O–H groups in total. The molecule has 0 amide bonds. The lowest BCUT2D eigenvalue weighted by atomic mass is 9.98. The van der Waals surface area contributed by atoms with Gasteiger partial charge in [-0.25, -0.2) is 0 Å². The third-order valence-electron chi connectivity index (χ3n) is 3.40. The fourth-order valence-electron chi connectivity index (χ4n) is 2.81. The highest BCUT2D eigenvalue weighted by Gasteiger charge is 2.44. The van der Waals surface area contributed by atoms with Gasteiger partial charge in [0.15, 0.2) is 0 Å². The first-order valence-corrected chi connectivity index (χ1v) is 4.54. The number of rotatable bonds is 1. The van der Waals surface area contributed by atoms with Gasteiger partial charge in [-0.2, -0.15) is 0 Å². The second-order valence-corrected chi connectivity index (χ2v) is 3.82. The Labute approximate surface area is 67.6 Å². The quantitative estimate of drug-likeness (QED) is 0.617. The van der Waals surface area contributed by atoms with Crippen LogP contribution in [0.3, 0.4) is 0 Å². The van der Waals surface area contributed by atoms with Crippen molar-refractivity contribution in [1.29, 1.82) is 0 Å². The molecular weight excluding hydrogens is 140 g/mol. The van der Waals surface area contributed by atoms with E-state index in [1.54, 1.807) is 7.11 Å². The van der Waals surface area contributed by atoms with Gasteiger partial charge in [0, 0.05) is 7.11 Å². The minimum atomic E-state index is -0.0276. The van der Waals surface area contributed by atoms with E-state index in [0.29, 0.717) is 17.9 Å². The van der Waals surface area contributed by atoms with Crippen molar-refractivity contribution in [3.8, 4) is 0 Å². The number of methoxy groups -OCH3 is 1. The average Bonchev–Trinajstić information content (AvgIpc) is 2.53. The fraction of sp³-hybridized carbons (Fsp3) is 1.00. The lowest BCUT2D eigenvalue weighted by Crippen LogP contribution is -2.20. The number of hydrogen-bond acceptors (Lipinski definition) is 2. The van der Waals surface area contributed by atoms with Crippen LogP contribution in [0.25, 0.3) is 0 Å². The van der Waals surface area contributed by atoms with E-state index in [1.165, 1.54) is 12.8 Å². The molecule has 0 radical (unpaired) electrons. The first-order valence-electron chi connectivity index (χ1n) is 4.54. The molecule has 0 bridgehead atoms. The predicted octanol–water partition coefficient (Wildman–Crippen LogP) is 1.18. The van der Waals surface area contributed by atoms with Crippen LogP contribution < -0.4 is 0 Å². The summed E-state index contributed by atoms with van der Waals surface area (Å²) in [7, 11) is 1.79. The summed E-state index contributed by atoms with van der Waals surface area (Å²) in [6.45, 7) is 0. The average molecular weight is 156 g/mol. The van der Waals surface area contributed by atoms with Crippen LogP contribution in [0, 0.1) is 11.8 Å². The lowest BCUT2D eigenvalue weighted by molar-refractivity contribution is 0.0586. The van der Waals surface area contributed by atoms with Gasteiger partial charge in [-0.05, 0) is 37.5 Å². The molecular formula is C9H16O2. The molecule has 2 heteroatoms. The Balaban J connectivity index is 2.04. The molecule has 0 aromatic heterocycles. The van der Waals surface area contributed by atoms with Gasteiger partial charge in [-0.1, -0.05) is 0 Å². The lowest BCUT2D eigenvalue weighted by Gasteiger charge is -2.16. The van der Waals surface area contributed by atoms with Crippen LogP contribution in [-0.2, 0) is 4.74 Å². The maximum absolute atomic E-state index is 9.56. The molecule has 0 aromatic rings. The second kappa shape index (κ2) is 2.76. The summed E-state index contributed by atoms with van der Waals surface area (Å²) < 4.78 is 5.36. The molecule has 4 unspecified atom stereocenters. The summed E-state index contributed by atoms with van der Waals surface area (Å²) in [6, 6.07) is 0. The number of ether oxygens (including phenoxy) is 1. The Bertz CT molecular complexity index is 146. The first-order chi connectivity index (χ1) is 5.33. The van der Waals surface area contributed by atoms with Crippen LogP contribution in [-0.4, -0.2) is 24.4 Å². The highest BCUT2D eigenvalue weighted by molar-refractivity contribution is 4.94. The third-order valence-corrected chi connectivity index (χ3v) is 3.40. The van der Waals surface area contributed by atoms with Crippen LogP contribution in [0.2, 0.25) is 0 Å². The van der Waals surface area contributed by atoms with Crippen molar-refractivity contribution >= 4 is 0 Å². The van der Waals surface area contributed by atoms with Crippen molar-refractivity contribution in [2.24, 2.45) is 11.8 Å². The molecule has 2 aliphatic carbocycles. The number of hydrogen-bond donors (Lipinski definition) is 1. The smallest absolute Gasteiger partial charge is 0.0603 e. The highest BCUT2D eigenvalue weighted by Crippen LogP contribution is 2.45. The van der Waals surface area contributed by atoms with Gasteiger partial charge < -0.3 is 9.84 Å². The fourth-order valence-corrected chi connectivity index (χ4v) is 2.81. The SMILES string of the molecule is COC1CCC2C(O)CCC12. The Morgan fingerprint density at radius 2 is 1.82 bits per heavy atom. The second-order valence-electron chi connectivity index (χ2n) is 3.82. The summed E-state index contributed by atoms with van der Waals surface area (Å²) in [5, 5.41) is 9.56. The zero-order valence-corrected chi connectivity index (χ0v) is 6.99. The van der Waals surface area contributed by atoms with E-state index < -0.39 is 0 Å². The molecule has 0 spiro atoms. The van der Waals surface area contributed by atoms with Crippen LogP contribution in [0.15, 0.2) is 0 Å². The van der Waals surface area contributed by atoms with Gasteiger partial charge in [0.25, 0.3) is 0 Å². The third kappa shape index (κ3) is 1.09. The van der Waals surface area contributed by atoms with E-state index in [0.717, 1.165) is 12.8 Å². The summed E-state index contributed by atoms with van der Waals surface area (Å²) in [6.07, 6.45) is 4.91. The van der Waals surface area contributed by atoms with Crippen LogP contribution in [0.1, 0.15) is 25.7 Å². The highest BCUT2D eigenvalue weighted by atomic mass is 16.5. The number of aliphatic hydroxyl groups excluding tert-OH is 1. The molecule has 2 nitrogen and oxygen atoms in total. The van der Waals surface area contributed by atoms with Crippen molar-refractivity contribution in [3.63, 3.8) is 0 Å². The Morgan fingerprint density at radius 1 is 1.09 bits per heavy atom. The Kier molecular flexibility index (Phi) is 1.90. The largest absolute Gasteiger partial charge is 0.393 e. The topological polar surface area (TPSA) is 29.5 Å². The van der Waals surface area contributed by atoms with Crippen molar-refractivity contribution in [2.75, 3.05) is 7.11 Å². The number of aliphatic hydroxyl groups is 1. The zero-order chi connectivity index (χ0) is 7.84. The van der Waals surface area contributed by atoms with E-state index in [4.69, 9.17) is 4.74 Å². The van der Waals surface area contributed by atoms with E-state index >= 15 is 0 Å². The van der Waals surface area contributed by atoms with Gasteiger partial charge in [-0.3, -0.25) is 0 Å². The predicted molar refractivity (Wildman–Crippen MR) is 42.3 cm³/mol. The maximum atomic E-state index is 9.56. The Hall–Kier alpha value is -0.0800. The van der Waals surface area contributed by atoms with Gasteiger partial charge in [-0.15, -0.1) is 0 Å². The Morgan fingerprint density at radius 3 is 2.55 bits per heavy atom. The van der Waals surface area contributed by atoms with E-state index in [-0.39, 0.29) is 6.10 Å². The molecule has 64 valence electrons. The normalized spacial score (nSPS) is 49.6. The molecule has 0 aromatic carbocycles. The van der Waals surface area contributed by atoms with Gasteiger partial charge in [0.2, 0.25) is 0 Å². The zero-order valence-electron chi connectivity index (χ0n) is 6.99. The summed E-state index contributed by atoms with van der Waals surface area (Å²) in [5.41, 5.74) is 0. The molecule has 2 fully saturated rings. The first kappa shape index (κ1) is 7.56. The van der Waals surface area contributed by atoms with Crippen molar-refractivity contribution < 1.29 is 9.84 Å². The van der Waals surface area contributed by atoms with E-state index in [2.05, 4.69) is 0 Å². The van der Waals surface area contributed by atoms with Crippen LogP contribution >= 0.6 is 0 Å². The molecule has 0 saturated heterocycles. The standard InChI is InChI=1S/C9H16O2/c1-11-9-5-3-6-7(9)2-4-8(6)10/h6-10H,2-5H2,1H3.